The molecule has 2 aromatic carbocycles. The number of hydrogen-bond donors (Lipinski definition) is 2. The molecule has 1 aromatic heterocycles. The summed E-state index contributed by atoms with van der Waals surface area (Å²) in [6, 6.07) is 10.1. The molecule has 8 heteroatoms. The van der Waals surface area contributed by atoms with E-state index in [1.165, 1.54) is 10.4 Å². The van der Waals surface area contributed by atoms with Gasteiger partial charge >= 0.3 is 0 Å². The summed E-state index contributed by atoms with van der Waals surface area (Å²) in [6.45, 7) is 10.3. The Bertz CT molecular complexity index is 1280. The topological polar surface area (TPSA) is 74.6 Å². The molecule has 2 heterocycles. The fourth-order valence-electron chi connectivity index (χ4n) is 4.56. The number of hydrogen-bond acceptors (Lipinski definition) is 3. The SMILES string of the molecule is Cc1cc(-n2c(C(C)C)c(C3CN(S(=O)(=O)NC(C)C)C3)c3cc(O)ccc32)ccc1F. The molecule has 0 saturated carbocycles. The van der Waals surface area contributed by atoms with E-state index in [9.17, 15) is 17.9 Å². The Morgan fingerprint density at radius 1 is 1.09 bits per heavy atom. The molecule has 0 atom stereocenters. The number of aromatic nitrogens is 1. The second-order valence-corrected chi connectivity index (χ2v) is 10.9. The molecule has 1 fully saturated rings. The van der Waals surface area contributed by atoms with Gasteiger partial charge in [-0.15, -0.1) is 0 Å². The van der Waals surface area contributed by atoms with Gasteiger partial charge in [-0.2, -0.15) is 17.4 Å². The summed E-state index contributed by atoms with van der Waals surface area (Å²) in [5, 5.41) is 11.1. The lowest BCUT2D eigenvalue weighted by Crippen LogP contribution is -2.54. The Hall–Kier alpha value is -2.42. The van der Waals surface area contributed by atoms with E-state index in [1.807, 2.05) is 12.1 Å². The predicted octanol–water partition coefficient (Wildman–Crippen LogP) is 4.55. The maximum atomic E-state index is 14.0. The minimum Gasteiger partial charge on any atom is -0.508 e. The van der Waals surface area contributed by atoms with Crippen LogP contribution >= 0.6 is 0 Å². The van der Waals surface area contributed by atoms with Crippen LogP contribution in [0.15, 0.2) is 36.4 Å². The van der Waals surface area contributed by atoms with E-state index >= 15 is 0 Å². The molecule has 0 aliphatic carbocycles. The first-order chi connectivity index (χ1) is 15.0. The molecule has 172 valence electrons. The van der Waals surface area contributed by atoms with Crippen LogP contribution in [0.4, 0.5) is 4.39 Å². The number of fused-ring (bicyclic) bond motifs is 1. The Labute approximate surface area is 188 Å². The molecule has 0 bridgehead atoms. The number of benzene rings is 2. The van der Waals surface area contributed by atoms with Crippen molar-refractivity contribution in [1.82, 2.24) is 13.6 Å². The Kier molecular flexibility index (Phi) is 5.81. The molecule has 0 unspecified atom stereocenters. The summed E-state index contributed by atoms with van der Waals surface area (Å²) in [4.78, 5) is 0. The van der Waals surface area contributed by atoms with Crippen LogP contribution in [0.5, 0.6) is 5.75 Å². The average Bonchev–Trinajstić information content (AvgIpc) is 2.96. The van der Waals surface area contributed by atoms with Gasteiger partial charge in [-0.3, -0.25) is 0 Å². The van der Waals surface area contributed by atoms with Gasteiger partial charge in [-0.25, -0.2) is 4.39 Å². The quantitative estimate of drug-likeness (QED) is 0.568. The van der Waals surface area contributed by atoms with Gasteiger partial charge in [0.05, 0.1) is 5.52 Å². The minimum absolute atomic E-state index is 0.00299. The van der Waals surface area contributed by atoms with Gasteiger partial charge in [-0.05, 0) is 74.2 Å². The molecule has 6 nitrogen and oxygen atoms in total. The van der Waals surface area contributed by atoms with Crippen LogP contribution in [0.3, 0.4) is 0 Å². The number of phenols is 1. The van der Waals surface area contributed by atoms with Crippen molar-refractivity contribution < 1.29 is 17.9 Å². The number of halogens is 1. The third-order valence-corrected chi connectivity index (χ3v) is 7.70. The van der Waals surface area contributed by atoms with Crippen LogP contribution in [0.2, 0.25) is 0 Å². The lowest BCUT2D eigenvalue weighted by Gasteiger charge is -2.39. The minimum atomic E-state index is -3.53. The highest BCUT2D eigenvalue weighted by Gasteiger charge is 2.40. The third-order valence-electron chi connectivity index (χ3n) is 5.96. The zero-order valence-electron chi connectivity index (χ0n) is 19.1. The average molecular weight is 460 g/mol. The van der Waals surface area contributed by atoms with E-state index in [4.69, 9.17) is 0 Å². The van der Waals surface area contributed by atoms with Crippen molar-refractivity contribution in [2.45, 2.75) is 52.5 Å². The maximum absolute atomic E-state index is 14.0. The van der Waals surface area contributed by atoms with Crippen molar-refractivity contribution in [1.29, 1.82) is 0 Å². The Morgan fingerprint density at radius 3 is 2.38 bits per heavy atom. The van der Waals surface area contributed by atoms with Crippen LogP contribution in [-0.2, 0) is 10.2 Å². The van der Waals surface area contributed by atoms with Crippen LogP contribution < -0.4 is 4.72 Å². The molecule has 0 radical (unpaired) electrons. The van der Waals surface area contributed by atoms with Gasteiger partial charge in [0, 0.05) is 41.8 Å². The number of nitrogens with zero attached hydrogens (tertiary/aromatic N) is 2. The molecule has 2 N–H and O–H groups in total. The second kappa shape index (κ2) is 8.17. The molecular weight excluding hydrogens is 429 g/mol. The molecule has 3 aromatic rings. The number of nitrogens with one attached hydrogen (secondary N) is 1. The van der Waals surface area contributed by atoms with Gasteiger partial charge in [0.1, 0.15) is 11.6 Å². The van der Waals surface area contributed by atoms with Crippen molar-refractivity contribution >= 4 is 21.1 Å². The first-order valence-electron chi connectivity index (χ1n) is 10.9. The van der Waals surface area contributed by atoms with Gasteiger partial charge < -0.3 is 9.67 Å². The number of phenolic OH excluding ortho intramolecular Hbond substituents is 1. The first-order valence-corrected chi connectivity index (χ1v) is 12.3. The van der Waals surface area contributed by atoms with Crippen molar-refractivity contribution in [2.75, 3.05) is 13.1 Å². The first kappa shape index (κ1) is 22.8. The van der Waals surface area contributed by atoms with E-state index in [1.54, 1.807) is 39.0 Å². The largest absolute Gasteiger partial charge is 0.508 e. The maximum Gasteiger partial charge on any atom is 0.279 e. The van der Waals surface area contributed by atoms with Crippen molar-refractivity contribution in [3.05, 3.63) is 59.0 Å². The molecule has 0 spiro atoms. The summed E-state index contributed by atoms with van der Waals surface area (Å²) in [6.07, 6.45) is 0. The van der Waals surface area contributed by atoms with Crippen molar-refractivity contribution in [3.8, 4) is 11.4 Å². The van der Waals surface area contributed by atoms with Gasteiger partial charge in [0.25, 0.3) is 10.2 Å². The normalized spacial score (nSPS) is 15.8. The highest BCUT2D eigenvalue weighted by atomic mass is 32.2. The summed E-state index contributed by atoms with van der Waals surface area (Å²) >= 11 is 0. The summed E-state index contributed by atoms with van der Waals surface area (Å²) in [5.74, 6) is 0.0334. The summed E-state index contributed by atoms with van der Waals surface area (Å²) in [5.41, 5.74) is 4.41. The van der Waals surface area contributed by atoms with E-state index in [0.29, 0.717) is 18.7 Å². The van der Waals surface area contributed by atoms with Crippen molar-refractivity contribution in [2.24, 2.45) is 0 Å². The van der Waals surface area contributed by atoms with Gasteiger partial charge in [0.15, 0.2) is 0 Å². The van der Waals surface area contributed by atoms with Crippen LogP contribution in [0.1, 0.15) is 56.4 Å². The van der Waals surface area contributed by atoms with Crippen LogP contribution in [0.25, 0.3) is 16.6 Å². The third kappa shape index (κ3) is 3.91. The summed E-state index contributed by atoms with van der Waals surface area (Å²) < 4.78 is 45.3. The zero-order chi connectivity index (χ0) is 23.4. The molecule has 1 saturated heterocycles. The molecule has 1 aliphatic rings. The number of aromatic hydroxyl groups is 1. The fourth-order valence-corrected chi connectivity index (χ4v) is 6.05. The number of rotatable bonds is 6. The van der Waals surface area contributed by atoms with Gasteiger partial charge in [-0.1, -0.05) is 13.8 Å². The second-order valence-electron chi connectivity index (χ2n) is 9.22. The van der Waals surface area contributed by atoms with Crippen LogP contribution in [0, 0.1) is 12.7 Å². The number of aryl methyl sites for hydroxylation is 1. The lowest BCUT2D eigenvalue weighted by atomic mass is 9.88. The molecular formula is C24H30FN3O3S. The standard InChI is InChI=1S/C24H30FN3O3S/c1-14(2)24-23(17-12-27(13-17)32(30,31)26-15(3)4)20-11-19(29)7-9-22(20)28(24)18-6-8-21(25)16(5)10-18/h6-11,14-15,17,26,29H,12-13H2,1-5H3. The lowest BCUT2D eigenvalue weighted by molar-refractivity contribution is 0.259. The highest BCUT2D eigenvalue weighted by molar-refractivity contribution is 7.87. The van der Waals surface area contributed by atoms with Gasteiger partial charge in [0.2, 0.25) is 0 Å². The highest BCUT2D eigenvalue weighted by Crippen LogP contribution is 2.43. The Balaban J connectivity index is 1.86. The smallest absolute Gasteiger partial charge is 0.279 e. The fraction of sp³-hybridized carbons (Fsp3) is 0.417. The van der Waals surface area contributed by atoms with E-state index in [0.717, 1.165) is 27.8 Å². The monoisotopic (exact) mass is 459 g/mol. The predicted molar refractivity (Wildman–Crippen MR) is 125 cm³/mol. The summed E-state index contributed by atoms with van der Waals surface area (Å²) in [7, 11) is -3.53. The molecule has 0 amide bonds. The molecule has 32 heavy (non-hydrogen) atoms. The Morgan fingerprint density at radius 2 is 1.78 bits per heavy atom. The van der Waals surface area contributed by atoms with E-state index < -0.39 is 10.2 Å². The molecule has 4 rings (SSSR count). The van der Waals surface area contributed by atoms with Crippen LogP contribution in [-0.4, -0.2) is 41.5 Å². The van der Waals surface area contributed by atoms with Crippen molar-refractivity contribution in [3.63, 3.8) is 0 Å². The van der Waals surface area contributed by atoms with E-state index in [2.05, 4.69) is 23.1 Å². The molecule has 1 aliphatic heterocycles. The zero-order valence-corrected chi connectivity index (χ0v) is 19.9. The van der Waals surface area contributed by atoms with E-state index in [-0.39, 0.29) is 29.4 Å².